The Kier molecular flexibility index (Phi) is 11.7. The minimum absolute atomic E-state index is 0.128. The van der Waals surface area contributed by atoms with E-state index in [9.17, 15) is 19.8 Å². The standard InChI is InChI=1S/C30H46O7/c1-3-4-5-11-23(31)14-15-24-25-16-21-10-8-12-28(26(21)17-22(25)18-27(24)32)36-19-30(35)37-20(2)9-6-7-13-29(33)34/h8,10,12,20,22-25,27,31-32H,3-7,9,11,13-19H2,1-2H3,(H,33,34)/t20?,22-,23-,24+,25-,27+/m0/s1. The van der Waals surface area contributed by atoms with Crippen LogP contribution >= 0.6 is 0 Å². The van der Waals surface area contributed by atoms with Crippen LogP contribution in [0.5, 0.6) is 5.75 Å². The van der Waals surface area contributed by atoms with E-state index in [1.807, 2.05) is 19.1 Å². The fraction of sp³-hybridized carbons (Fsp3) is 0.733. The Morgan fingerprint density at radius 3 is 2.62 bits per heavy atom. The number of aliphatic hydroxyl groups excluding tert-OH is 2. The lowest BCUT2D eigenvalue weighted by molar-refractivity contribution is -0.151. The smallest absolute Gasteiger partial charge is 0.344 e. The molecular weight excluding hydrogens is 472 g/mol. The first-order valence-corrected chi connectivity index (χ1v) is 14.3. The third-order valence-electron chi connectivity index (χ3n) is 8.25. The van der Waals surface area contributed by atoms with Crippen LogP contribution < -0.4 is 4.74 Å². The van der Waals surface area contributed by atoms with Crippen LogP contribution in [0.4, 0.5) is 0 Å². The Morgan fingerprint density at radius 2 is 1.86 bits per heavy atom. The average molecular weight is 519 g/mol. The van der Waals surface area contributed by atoms with Crippen molar-refractivity contribution in [2.75, 3.05) is 6.61 Å². The first-order valence-electron chi connectivity index (χ1n) is 14.3. The number of aliphatic hydroxyl groups is 2. The van der Waals surface area contributed by atoms with Gasteiger partial charge in [0.25, 0.3) is 0 Å². The van der Waals surface area contributed by atoms with E-state index in [0.717, 1.165) is 63.4 Å². The molecule has 3 rings (SSSR count). The molecule has 0 bridgehead atoms. The molecule has 7 heteroatoms. The van der Waals surface area contributed by atoms with Crippen LogP contribution in [-0.2, 0) is 27.2 Å². The zero-order chi connectivity index (χ0) is 26.8. The highest BCUT2D eigenvalue weighted by Crippen LogP contribution is 2.48. The topological polar surface area (TPSA) is 113 Å². The Morgan fingerprint density at radius 1 is 1.08 bits per heavy atom. The number of benzene rings is 1. The molecule has 0 aromatic heterocycles. The Labute approximate surface area is 221 Å². The van der Waals surface area contributed by atoms with Gasteiger partial charge in [-0.05, 0) is 99.7 Å². The van der Waals surface area contributed by atoms with E-state index >= 15 is 0 Å². The summed E-state index contributed by atoms with van der Waals surface area (Å²) in [6.07, 6.45) is 9.46. The molecule has 1 unspecified atom stereocenters. The van der Waals surface area contributed by atoms with Gasteiger partial charge < -0.3 is 24.8 Å². The average Bonchev–Trinajstić information content (AvgIpc) is 3.16. The largest absolute Gasteiger partial charge is 0.482 e. The molecule has 3 N–H and O–H groups in total. The highest BCUT2D eigenvalue weighted by Gasteiger charge is 2.44. The van der Waals surface area contributed by atoms with Crippen molar-refractivity contribution in [1.82, 2.24) is 0 Å². The molecule has 6 atom stereocenters. The zero-order valence-corrected chi connectivity index (χ0v) is 22.6. The second kappa shape index (κ2) is 14.7. The molecule has 0 aliphatic heterocycles. The van der Waals surface area contributed by atoms with E-state index in [-0.39, 0.29) is 37.3 Å². The number of aliphatic carboxylic acids is 1. The molecule has 1 saturated carbocycles. The lowest BCUT2D eigenvalue weighted by atomic mass is 9.73. The molecule has 1 fully saturated rings. The van der Waals surface area contributed by atoms with Gasteiger partial charge in [0, 0.05) is 6.42 Å². The van der Waals surface area contributed by atoms with Crippen LogP contribution in [0.3, 0.4) is 0 Å². The number of ether oxygens (including phenoxy) is 2. The van der Waals surface area contributed by atoms with Gasteiger partial charge in [0.2, 0.25) is 0 Å². The monoisotopic (exact) mass is 518 g/mol. The van der Waals surface area contributed by atoms with Crippen LogP contribution in [0.15, 0.2) is 18.2 Å². The van der Waals surface area contributed by atoms with E-state index in [4.69, 9.17) is 14.6 Å². The zero-order valence-electron chi connectivity index (χ0n) is 22.6. The molecule has 0 heterocycles. The third kappa shape index (κ3) is 8.99. The molecule has 1 aromatic carbocycles. The summed E-state index contributed by atoms with van der Waals surface area (Å²) < 4.78 is 11.3. The van der Waals surface area contributed by atoms with Crippen molar-refractivity contribution >= 4 is 11.9 Å². The van der Waals surface area contributed by atoms with Crippen LogP contribution in [0.2, 0.25) is 0 Å². The predicted molar refractivity (Wildman–Crippen MR) is 141 cm³/mol. The Hall–Kier alpha value is -2.12. The lowest BCUT2D eigenvalue weighted by Gasteiger charge is -2.32. The van der Waals surface area contributed by atoms with Crippen LogP contribution in [0.25, 0.3) is 0 Å². The van der Waals surface area contributed by atoms with Crippen molar-refractivity contribution in [1.29, 1.82) is 0 Å². The van der Waals surface area contributed by atoms with Crippen LogP contribution in [0, 0.1) is 17.8 Å². The maximum Gasteiger partial charge on any atom is 0.344 e. The molecule has 2 aliphatic rings. The molecule has 0 amide bonds. The summed E-state index contributed by atoms with van der Waals surface area (Å²) in [5, 5.41) is 30.0. The first kappa shape index (κ1) is 29.4. The number of carboxylic acids is 1. The van der Waals surface area contributed by atoms with Gasteiger partial charge in [-0.1, -0.05) is 38.3 Å². The summed E-state index contributed by atoms with van der Waals surface area (Å²) in [6.45, 7) is 3.82. The summed E-state index contributed by atoms with van der Waals surface area (Å²) in [7, 11) is 0. The van der Waals surface area contributed by atoms with Gasteiger partial charge in [-0.25, -0.2) is 4.79 Å². The second-order valence-corrected chi connectivity index (χ2v) is 11.1. The predicted octanol–water partition coefficient (Wildman–Crippen LogP) is 5.08. The highest BCUT2D eigenvalue weighted by molar-refractivity contribution is 5.71. The van der Waals surface area contributed by atoms with E-state index in [2.05, 4.69) is 13.0 Å². The number of hydrogen-bond donors (Lipinski definition) is 3. The second-order valence-electron chi connectivity index (χ2n) is 11.1. The van der Waals surface area contributed by atoms with Crippen molar-refractivity contribution in [2.45, 2.75) is 116 Å². The molecule has 7 nitrogen and oxygen atoms in total. The van der Waals surface area contributed by atoms with Crippen molar-refractivity contribution < 1.29 is 34.4 Å². The van der Waals surface area contributed by atoms with Gasteiger partial charge in [0.1, 0.15) is 5.75 Å². The summed E-state index contributed by atoms with van der Waals surface area (Å²) in [6, 6.07) is 5.98. The van der Waals surface area contributed by atoms with E-state index in [1.165, 1.54) is 5.56 Å². The van der Waals surface area contributed by atoms with Gasteiger partial charge >= 0.3 is 11.9 Å². The quantitative estimate of drug-likeness (QED) is 0.207. The van der Waals surface area contributed by atoms with Gasteiger partial charge in [-0.2, -0.15) is 0 Å². The number of carboxylic acid groups (broad SMARTS) is 1. The van der Waals surface area contributed by atoms with Crippen LogP contribution in [-0.4, -0.2) is 52.2 Å². The van der Waals surface area contributed by atoms with Gasteiger partial charge in [0.05, 0.1) is 18.3 Å². The molecule has 0 radical (unpaired) electrons. The number of hydrogen-bond acceptors (Lipinski definition) is 6. The maximum atomic E-state index is 12.3. The van der Waals surface area contributed by atoms with Crippen molar-refractivity contribution in [3.63, 3.8) is 0 Å². The Balaban J connectivity index is 1.50. The summed E-state index contributed by atoms with van der Waals surface area (Å²) >= 11 is 0. The fourth-order valence-corrected chi connectivity index (χ4v) is 6.26. The summed E-state index contributed by atoms with van der Waals surface area (Å²) in [5.74, 6) is 0.488. The number of carbonyl (C=O) groups excluding carboxylic acids is 1. The maximum absolute atomic E-state index is 12.3. The molecular formula is C30H46O7. The van der Waals surface area contributed by atoms with Gasteiger partial charge in [-0.15, -0.1) is 0 Å². The molecule has 37 heavy (non-hydrogen) atoms. The normalized spacial score (nSPS) is 24.1. The molecule has 208 valence electrons. The number of esters is 1. The SMILES string of the molecule is CCCCC[C@H](O)CC[C@@H]1[C@H]2Cc3cccc(OCC(=O)OC(C)CCCCC(=O)O)c3C[C@H]2C[C@H]1O. The lowest BCUT2D eigenvalue weighted by Crippen LogP contribution is -2.28. The number of rotatable bonds is 16. The van der Waals surface area contributed by atoms with E-state index < -0.39 is 11.9 Å². The summed E-state index contributed by atoms with van der Waals surface area (Å²) in [4.78, 5) is 22.9. The molecule has 0 saturated heterocycles. The highest BCUT2D eigenvalue weighted by atomic mass is 16.6. The van der Waals surface area contributed by atoms with E-state index in [1.54, 1.807) is 0 Å². The van der Waals surface area contributed by atoms with Gasteiger partial charge in [-0.3, -0.25) is 4.79 Å². The first-order chi connectivity index (χ1) is 17.8. The third-order valence-corrected chi connectivity index (χ3v) is 8.25. The van der Waals surface area contributed by atoms with Crippen molar-refractivity contribution in [2.24, 2.45) is 17.8 Å². The number of unbranched alkanes of at least 4 members (excludes halogenated alkanes) is 3. The minimum Gasteiger partial charge on any atom is -0.482 e. The van der Waals surface area contributed by atoms with Gasteiger partial charge in [0.15, 0.2) is 6.61 Å². The van der Waals surface area contributed by atoms with Crippen molar-refractivity contribution in [3.05, 3.63) is 29.3 Å². The number of fused-ring (bicyclic) bond motifs is 2. The van der Waals surface area contributed by atoms with E-state index in [0.29, 0.717) is 36.8 Å². The molecule has 0 spiro atoms. The van der Waals surface area contributed by atoms with Crippen molar-refractivity contribution in [3.8, 4) is 5.75 Å². The fourth-order valence-electron chi connectivity index (χ4n) is 6.26. The number of carbonyl (C=O) groups is 2. The Bertz CT molecular complexity index is 869. The molecule has 1 aromatic rings. The summed E-state index contributed by atoms with van der Waals surface area (Å²) in [5.41, 5.74) is 2.35. The minimum atomic E-state index is -0.810. The molecule has 2 aliphatic carbocycles. The van der Waals surface area contributed by atoms with Crippen LogP contribution in [0.1, 0.15) is 95.6 Å².